The molecule has 1 saturated heterocycles. The molecule has 0 radical (unpaired) electrons. The van der Waals surface area contributed by atoms with Crippen LogP contribution in [0.2, 0.25) is 5.02 Å². The summed E-state index contributed by atoms with van der Waals surface area (Å²) in [6.07, 6.45) is 0.682. The topological polar surface area (TPSA) is 63.4 Å². The van der Waals surface area contributed by atoms with Gasteiger partial charge in [0.15, 0.2) is 0 Å². The Kier molecular flexibility index (Phi) is 5.46. The number of halogens is 3. The third-order valence-corrected chi connectivity index (χ3v) is 6.02. The summed E-state index contributed by atoms with van der Waals surface area (Å²) in [4.78, 5) is 0.121. The van der Waals surface area contributed by atoms with Gasteiger partial charge in [0.05, 0.1) is 5.02 Å². The second-order valence-corrected chi connectivity index (χ2v) is 7.10. The fourth-order valence-corrected chi connectivity index (χ4v) is 5.01. The van der Waals surface area contributed by atoms with Crippen molar-refractivity contribution in [2.24, 2.45) is 5.73 Å². The van der Waals surface area contributed by atoms with Crippen LogP contribution in [0.15, 0.2) is 27.6 Å². The van der Waals surface area contributed by atoms with E-state index >= 15 is 0 Å². The van der Waals surface area contributed by atoms with E-state index in [9.17, 15) is 8.42 Å². The monoisotopic (exact) mass is 374 g/mol. The molecular formula is C10H13BrCl2N2O2S. The lowest BCUT2D eigenvalue weighted by Crippen LogP contribution is -2.32. The van der Waals surface area contributed by atoms with E-state index in [1.54, 1.807) is 18.2 Å². The molecule has 1 aliphatic rings. The Balaban J connectivity index is 0.00000162. The van der Waals surface area contributed by atoms with Crippen LogP contribution in [0.1, 0.15) is 6.42 Å². The second kappa shape index (κ2) is 6.07. The number of sulfonamides is 1. The first-order chi connectivity index (χ1) is 7.93. The van der Waals surface area contributed by atoms with Gasteiger partial charge in [0.1, 0.15) is 4.90 Å². The molecule has 8 heteroatoms. The highest BCUT2D eigenvalue weighted by Crippen LogP contribution is 2.32. The molecule has 1 aromatic carbocycles. The lowest BCUT2D eigenvalue weighted by atomic mass is 10.3. The molecule has 18 heavy (non-hydrogen) atoms. The molecule has 1 aromatic rings. The number of rotatable bonds is 2. The summed E-state index contributed by atoms with van der Waals surface area (Å²) in [6.45, 7) is 0.793. The van der Waals surface area contributed by atoms with E-state index in [-0.39, 0.29) is 28.4 Å². The van der Waals surface area contributed by atoms with Crippen LogP contribution in [-0.4, -0.2) is 31.9 Å². The zero-order valence-corrected chi connectivity index (χ0v) is 13.3. The van der Waals surface area contributed by atoms with Crippen LogP contribution in [0.25, 0.3) is 0 Å². The van der Waals surface area contributed by atoms with Crippen LogP contribution >= 0.6 is 39.9 Å². The smallest absolute Gasteiger partial charge is 0.245 e. The number of nitrogens with two attached hydrogens (primary N) is 1. The minimum Gasteiger partial charge on any atom is -0.326 e. The van der Waals surface area contributed by atoms with E-state index in [1.807, 2.05) is 0 Å². The van der Waals surface area contributed by atoms with Crippen LogP contribution in [0, 0.1) is 0 Å². The standard InChI is InChI=1S/C10H12BrClN2O2S.ClH/c11-8-2-1-3-9(12)10(8)17(15,16)14-5-4-7(13)6-14;/h1-3,7H,4-6,13H2;1H/t7-;/m0./s1. The normalized spacial score (nSPS) is 20.7. The third-order valence-electron chi connectivity index (χ3n) is 2.70. The average Bonchev–Trinajstić information content (AvgIpc) is 2.64. The molecule has 0 bridgehead atoms. The Hall–Kier alpha value is 0.150. The van der Waals surface area contributed by atoms with Crippen molar-refractivity contribution in [3.8, 4) is 0 Å². The first-order valence-corrected chi connectivity index (χ1v) is 7.74. The molecular weight excluding hydrogens is 363 g/mol. The van der Waals surface area contributed by atoms with Crippen molar-refractivity contribution in [1.29, 1.82) is 0 Å². The summed E-state index contributed by atoms with van der Waals surface area (Å²) < 4.78 is 26.6. The van der Waals surface area contributed by atoms with Crippen molar-refractivity contribution in [3.05, 3.63) is 27.7 Å². The maximum Gasteiger partial charge on any atom is 0.245 e. The van der Waals surface area contributed by atoms with Crippen LogP contribution in [0.5, 0.6) is 0 Å². The molecule has 0 amide bonds. The maximum absolute atomic E-state index is 12.4. The van der Waals surface area contributed by atoms with E-state index in [1.165, 1.54) is 4.31 Å². The van der Waals surface area contributed by atoms with Crippen LogP contribution in [0.3, 0.4) is 0 Å². The van der Waals surface area contributed by atoms with Gasteiger partial charge in [0, 0.05) is 23.6 Å². The Morgan fingerprint density at radius 3 is 2.61 bits per heavy atom. The van der Waals surface area contributed by atoms with Crippen LogP contribution in [0.4, 0.5) is 0 Å². The molecule has 0 saturated carbocycles. The van der Waals surface area contributed by atoms with Crippen LogP contribution in [-0.2, 0) is 10.0 Å². The molecule has 4 nitrogen and oxygen atoms in total. The minimum absolute atomic E-state index is 0. The number of nitrogens with zero attached hydrogens (tertiary/aromatic N) is 1. The Morgan fingerprint density at radius 2 is 2.11 bits per heavy atom. The lowest BCUT2D eigenvalue weighted by Gasteiger charge is -2.17. The summed E-state index contributed by atoms with van der Waals surface area (Å²) in [5.74, 6) is 0. The molecule has 1 aliphatic heterocycles. The SMILES string of the molecule is Cl.N[C@H]1CCN(S(=O)(=O)c2c(Cl)cccc2Br)C1. The third kappa shape index (κ3) is 3.00. The van der Waals surface area contributed by atoms with Gasteiger partial charge in [-0.1, -0.05) is 17.7 Å². The van der Waals surface area contributed by atoms with E-state index in [2.05, 4.69) is 15.9 Å². The Labute approximate surface area is 126 Å². The van der Waals surface area contributed by atoms with E-state index in [0.717, 1.165) is 0 Å². The molecule has 0 aliphatic carbocycles. The average molecular weight is 376 g/mol. The van der Waals surface area contributed by atoms with E-state index in [4.69, 9.17) is 17.3 Å². The zero-order valence-electron chi connectivity index (χ0n) is 9.34. The van der Waals surface area contributed by atoms with Crippen molar-refractivity contribution in [2.75, 3.05) is 13.1 Å². The van der Waals surface area contributed by atoms with Crippen molar-refractivity contribution in [2.45, 2.75) is 17.4 Å². The van der Waals surface area contributed by atoms with Gasteiger partial charge in [-0.25, -0.2) is 8.42 Å². The number of benzene rings is 1. The lowest BCUT2D eigenvalue weighted by molar-refractivity contribution is 0.472. The van der Waals surface area contributed by atoms with E-state index < -0.39 is 10.0 Å². The van der Waals surface area contributed by atoms with E-state index in [0.29, 0.717) is 24.0 Å². The summed E-state index contributed by atoms with van der Waals surface area (Å²) in [5, 5.41) is 0.222. The predicted octanol–water partition coefficient (Wildman–Crippen LogP) is 2.25. The van der Waals surface area contributed by atoms with Gasteiger partial charge in [0.2, 0.25) is 10.0 Å². The van der Waals surface area contributed by atoms with Gasteiger partial charge in [-0.05, 0) is 34.5 Å². The highest BCUT2D eigenvalue weighted by molar-refractivity contribution is 9.10. The molecule has 1 fully saturated rings. The van der Waals surface area contributed by atoms with Gasteiger partial charge >= 0.3 is 0 Å². The van der Waals surface area contributed by atoms with Crippen molar-refractivity contribution < 1.29 is 8.42 Å². The fraction of sp³-hybridized carbons (Fsp3) is 0.400. The Bertz CT molecular complexity index is 518. The van der Waals surface area contributed by atoms with Gasteiger partial charge in [-0.15, -0.1) is 12.4 Å². The Morgan fingerprint density at radius 1 is 1.44 bits per heavy atom. The highest BCUT2D eigenvalue weighted by Gasteiger charge is 2.33. The summed E-state index contributed by atoms with van der Waals surface area (Å²) in [5.41, 5.74) is 5.73. The molecule has 0 aromatic heterocycles. The molecule has 1 heterocycles. The fourth-order valence-electron chi connectivity index (χ4n) is 1.83. The van der Waals surface area contributed by atoms with Crippen molar-refractivity contribution in [3.63, 3.8) is 0 Å². The van der Waals surface area contributed by atoms with Gasteiger partial charge in [-0.3, -0.25) is 0 Å². The molecule has 102 valence electrons. The quantitative estimate of drug-likeness (QED) is 0.862. The highest BCUT2D eigenvalue weighted by atomic mass is 79.9. The summed E-state index contributed by atoms with van der Waals surface area (Å²) in [7, 11) is -3.56. The molecule has 2 rings (SSSR count). The molecule has 1 atom stereocenters. The van der Waals surface area contributed by atoms with Gasteiger partial charge in [0.25, 0.3) is 0 Å². The van der Waals surface area contributed by atoms with Gasteiger partial charge in [-0.2, -0.15) is 4.31 Å². The van der Waals surface area contributed by atoms with Crippen molar-refractivity contribution >= 4 is 50.0 Å². The minimum atomic E-state index is -3.56. The second-order valence-electron chi connectivity index (χ2n) is 3.96. The van der Waals surface area contributed by atoms with Crippen molar-refractivity contribution in [1.82, 2.24) is 4.31 Å². The molecule has 0 unspecified atom stereocenters. The number of hydrogen-bond donors (Lipinski definition) is 1. The summed E-state index contributed by atoms with van der Waals surface area (Å²) in [6, 6.07) is 4.83. The predicted molar refractivity (Wildman–Crippen MR) is 77.8 cm³/mol. The molecule has 2 N–H and O–H groups in total. The first-order valence-electron chi connectivity index (χ1n) is 5.12. The first kappa shape index (κ1) is 16.2. The molecule has 0 spiro atoms. The summed E-state index contributed by atoms with van der Waals surface area (Å²) >= 11 is 9.19. The van der Waals surface area contributed by atoms with Gasteiger partial charge < -0.3 is 5.73 Å². The zero-order chi connectivity index (χ0) is 12.6. The number of hydrogen-bond acceptors (Lipinski definition) is 3. The maximum atomic E-state index is 12.4. The largest absolute Gasteiger partial charge is 0.326 e. The van der Waals surface area contributed by atoms with Crippen LogP contribution < -0.4 is 5.73 Å².